The smallest absolute Gasteiger partial charge is 0.225 e. The number of hydrogen-bond donors (Lipinski definition) is 2. The number of nitrogens with one attached hydrogen (secondary N) is 2. The summed E-state index contributed by atoms with van der Waals surface area (Å²) in [4.78, 5) is 19.0. The van der Waals surface area contributed by atoms with Crippen molar-refractivity contribution in [3.63, 3.8) is 0 Å². The van der Waals surface area contributed by atoms with Gasteiger partial charge >= 0.3 is 0 Å². The van der Waals surface area contributed by atoms with Gasteiger partial charge in [-0.05, 0) is 42.9 Å². The summed E-state index contributed by atoms with van der Waals surface area (Å²) in [6.45, 7) is 3.29. The van der Waals surface area contributed by atoms with Gasteiger partial charge in [0.05, 0.1) is 6.61 Å². The first-order chi connectivity index (χ1) is 13.7. The van der Waals surface area contributed by atoms with Crippen LogP contribution < -0.4 is 15.4 Å². The number of hydrogen-bond acceptors (Lipinski definition) is 3. The molecule has 28 heavy (non-hydrogen) atoms. The van der Waals surface area contributed by atoms with Crippen LogP contribution in [-0.4, -0.2) is 56.1 Å². The molecule has 4 rings (SSSR count). The number of amides is 1. The van der Waals surface area contributed by atoms with Crippen LogP contribution >= 0.6 is 0 Å². The van der Waals surface area contributed by atoms with Crippen LogP contribution in [-0.2, 0) is 17.6 Å². The van der Waals surface area contributed by atoms with Crippen molar-refractivity contribution in [2.75, 3.05) is 33.3 Å². The topological polar surface area (TPSA) is 66.0 Å². The molecule has 3 aliphatic rings. The second-order valence-corrected chi connectivity index (χ2v) is 8.19. The highest BCUT2D eigenvalue weighted by atomic mass is 16.5. The van der Waals surface area contributed by atoms with Crippen LogP contribution in [0.3, 0.4) is 0 Å². The second kappa shape index (κ2) is 8.84. The van der Waals surface area contributed by atoms with E-state index in [1.165, 1.54) is 24.0 Å². The molecule has 1 saturated heterocycles. The van der Waals surface area contributed by atoms with E-state index in [9.17, 15) is 4.79 Å². The Balaban J connectivity index is 1.21. The van der Waals surface area contributed by atoms with Crippen LogP contribution in [0.1, 0.15) is 43.2 Å². The largest absolute Gasteiger partial charge is 0.493 e. The summed E-state index contributed by atoms with van der Waals surface area (Å²) < 4.78 is 5.57. The van der Waals surface area contributed by atoms with E-state index in [0.29, 0.717) is 5.91 Å². The van der Waals surface area contributed by atoms with Crippen molar-refractivity contribution < 1.29 is 9.53 Å². The molecule has 0 spiro atoms. The molecule has 2 heterocycles. The minimum absolute atomic E-state index is 0.272. The molecular formula is C22H32N4O2. The molecule has 1 saturated carbocycles. The van der Waals surface area contributed by atoms with Gasteiger partial charge in [0.15, 0.2) is 5.96 Å². The Kier molecular flexibility index (Phi) is 6.03. The van der Waals surface area contributed by atoms with E-state index in [4.69, 9.17) is 4.74 Å². The zero-order chi connectivity index (χ0) is 19.3. The summed E-state index contributed by atoms with van der Waals surface area (Å²) in [7, 11) is 1.80. The van der Waals surface area contributed by atoms with Crippen LogP contribution in [0.25, 0.3) is 0 Å². The Morgan fingerprint density at radius 2 is 2.14 bits per heavy atom. The SMILES string of the molecule is CN=C(NCCc1ccc2c(c1)CCO2)NC1CCN(C(=O)C2CCCC2)C1. The Bertz CT molecular complexity index is 727. The van der Waals surface area contributed by atoms with E-state index in [2.05, 4.69) is 33.8 Å². The molecule has 6 heteroatoms. The maximum Gasteiger partial charge on any atom is 0.225 e. The number of guanidine groups is 1. The van der Waals surface area contributed by atoms with Crippen LogP contribution in [0.15, 0.2) is 23.2 Å². The highest BCUT2D eigenvalue weighted by Gasteiger charge is 2.32. The fourth-order valence-corrected chi connectivity index (χ4v) is 4.62. The standard InChI is InChI=1S/C22H32N4O2/c1-23-22(24-11-8-16-6-7-20-18(14-16)10-13-28-20)25-19-9-12-26(15-19)21(27)17-4-2-3-5-17/h6-7,14,17,19H,2-5,8-13,15H2,1H3,(H2,23,24,25). The van der Waals surface area contributed by atoms with Gasteiger partial charge in [-0.15, -0.1) is 0 Å². The summed E-state index contributed by atoms with van der Waals surface area (Å²) in [5.74, 6) is 2.50. The average molecular weight is 385 g/mol. The molecule has 1 amide bonds. The van der Waals surface area contributed by atoms with Crippen molar-refractivity contribution in [2.45, 2.75) is 51.0 Å². The van der Waals surface area contributed by atoms with Gasteiger partial charge in [-0.1, -0.05) is 25.0 Å². The monoisotopic (exact) mass is 384 g/mol. The number of rotatable bonds is 5. The molecule has 1 aromatic carbocycles. The number of fused-ring (bicyclic) bond motifs is 1. The van der Waals surface area contributed by atoms with Gasteiger partial charge < -0.3 is 20.3 Å². The summed E-state index contributed by atoms with van der Waals surface area (Å²) in [5.41, 5.74) is 2.64. The molecule has 0 aromatic heterocycles. The number of aliphatic imine (C=N–C) groups is 1. The van der Waals surface area contributed by atoms with Gasteiger partial charge in [0, 0.05) is 45.1 Å². The quantitative estimate of drug-likeness (QED) is 0.603. The van der Waals surface area contributed by atoms with E-state index >= 15 is 0 Å². The molecule has 0 bridgehead atoms. The highest BCUT2D eigenvalue weighted by molar-refractivity contribution is 5.81. The predicted octanol–water partition coefficient (Wildman–Crippen LogP) is 2.12. The molecule has 1 aromatic rings. The van der Waals surface area contributed by atoms with Crippen LogP contribution in [0.5, 0.6) is 5.75 Å². The van der Waals surface area contributed by atoms with Gasteiger partial charge in [-0.2, -0.15) is 0 Å². The van der Waals surface area contributed by atoms with E-state index < -0.39 is 0 Å². The van der Waals surface area contributed by atoms with Gasteiger partial charge in [-0.3, -0.25) is 9.79 Å². The Morgan fingerprint density at radius 1 is 1.29 bits per heavy atom. The van der Waals surface area contributed by atoms with Gasteiger partial charge in [0.1, 0.15) is 5.75 Å². The second-order valence-electron chi connectivity index (χ2n) is 8.19. The minimum Gasteiger partial charge on any atom is -0.493 e. The minimum atomic E-state index is 0.272. The highest BCUT2D eigenvalue weighted by Crippen LogP contribution is 2.28. The van der Waals surface area contributed by atoms with Crippen molar-refractivity contribution in [1.29, 1.82) is 0 Å². The number of carbonyl (C=O) groups excluding carboxylic acids is 1. The maximum absolute atomic E-state index is 12.6. The third-order valence-electron chi connectivity index (χ3n) is 6.23. The van der Waals surface area contributed by atoms with E-state index in [1.54, 1.807) is 7.05 Å². The number of ether oxygens (including phenoxy) is 1. The lowest BCUT2D eigenvalue weighted by Gasteiger charge is -2.21. The van der Waals surface area contributed by atoms with E-state index in [-0.39, 0.29) is 12.0 Å². The fraction of sp³-hybridized carbons (Fsp3) is 0.636. The Hall–Kier alpha value is -2.24. The zero-order valence-electron chi connectivity index (χ0n) is 16.9. The van der Waals surface area contributed by atoms with Crippen LogP contribution in [0.2, 0.25) is 0 Å². The first kappa shape index (κ1) is 19.1. The normalized spacial score (nSPS) is 22.2. The fourth-order valence-electron chi connectivity index (χ4n) is 4.62. The summed E-state index contributed by atoms with van der Waals surface area (Å²) in [6, 6.07) is 6.77. The number of nitrogens with zero attached hydrogens (tertiary/aromatic N) is 2. The maximum atomic E-state index is 12.6. The van der Waals surface area contributed by atoms with Crippen molar-refractivity contribution in [3.8, 4) is 5.75 Å². The number of benzene rings is 1. The molecule has 6 nitrogen and oxygen atoms in total. The zero-order valence-corrected chi connectivity index (χ0v) is 16.9. The molecule has 0 radical (unpaired) electrons. The first-order valence-corrected chi connectivity index (χ1v) is 10.7. The van der Waals surface area contributed by atoms with Crippen LogP contribution in [0.4, 0.5) is 0 Å². The average Bonchev–Trinajstić information content (AvgIpc) is 3.47. The Labute approximate surface area is 167 Å². The summed E-state index contributed by atoms with van der Waals surface area (Å²) >= 11 is 0. The van der Waals surface area contributed by atoms with Crippen molar-refractivity contribution in [3.05, 3.63) is 29.3 Å². The van der Waals surface area contributed by atoms with Gasteiger partial charge in [-0.25, -0.2) is 0 Å². The van der Waals surface area contributed by atoms with E-state index in [0.717, 1.165) is 70.1 Å². The third kappa shape index (κ3) is 4.42. The molecule has 1 aliphatic carbocycles. The van der Waals surface area contributed by atoms with Crippen molar-refractivity contribution in [2.24, 2.45) is 10.9 Å². The number of carbonyl (C=O) groups is 1. The first-order valence-electron chi connectivity index (χ1n) is 10.7. The molecule has 2 N–H and O–H groups in total. The van der Waals surface area contributed by atoms with Gasteiger partial charge in [0.25, 0.3) is 0 Å². The molecular weight excluding hydrogens is 352 g/mol. The lowest BCUT2D eigenvalue weighted by atomic mass is 10.1. The Morgan fingerprint density at radius 3 is 2.96 bits per heavy atom. The lowest BCUT2D eigenvalue weighted by molar-refractivity contribution is -0.134. The lowest BCUT2D eigenvalue weighted by Crippen LogP contribution is -2.45. The molecule has 1 unspecified atom stereocenters. The molecule has 152 valence electrons. The van der Waals surface area contributed by atoms with E-state index in [1.807, 2.05) is 4.90 Å². The van der Waals surface area contributed by atoms with Crippen molar-refractivity contribution in [1.82, 2.24) is 15.5 Å². The molecule has 1 atom stereocenters. The van der Waals surface area contributed by atoms with Crippen LogP contribution in [0, 0.1) is 5.92 Å². The van der Waals surface area contributed by atoms with Crippen molar-refractivity contribution >= 4 is 11.9 Å². The summed E-state index contributed by atoms with van der Waals surface area (Å²) in [6.07, 6.45) is 7.52. The number of likely N-dealkylation sites (tertiary alicyclic amines) is 1. The summed E-state index contributed by atoms with van der Waals surface area (Å²) in [5, 5.41) is 6.91. The third-order valence-corrected chi connectivity index (χ3v) is 6.23. The molecule has 2 fully saturated rings. The molecule has 2 aliphatic heterocycles. The van der Waals surface area contributed by atoms with Gasteiger partial charge in [0.2, 0.25) is 5.91 Å². The predicted molar refractivity (Wildman–Crippen MR) is 111 cm³/mol.